The van der Waals surface area contributed by atoms with Crippen LogP contribution < -0.4 is 0 Å². The van der Waals surface area contributed by atoms with Gasteiger partial charge in [0.05, 0.1) is 6.54 Å². The van der Waals surface area contributed by atoms with Gasteiger partial charge in [-0.1, -0.05) is 0 Å². The van der Waals surface area contributed by atoms with Crippen molar-refractivity contribution < 1.29 is 13.6 Å². The Morgan fingerprint density at radius 3 is 2.80 bits per heavy atom. The van der Waals surface area contributed by atoms with E-state index in [1.165, 1.54) is 17.0 Å². The third-order valence-corrected chi connectivity index (χ3v) is 3.64. The highest BCUT2D eigenvalue weighted by Crippen LogP contribution is 2.14. The molecule has 1 aromatic heterocycles. The number of imidazole rings is 1. The Hall–Kier alpha value is -1.50. The molecule has 2 heterocycles. The summed E-state index contributed by atoms with van der Waals surface area (Å²) >= 11 is 0. The van der Waals surface area contributed by atoms with Crippen LogP contribution in [0.1, 0.15) is 12.2 Å². The lowest BCUT2D eigenvalue weighted by Crippen LogP contribution is -2.59. The van der Waals surface area contributed by atoms with Crippen molar-refractivity contribution in [2.24, 2.45) is 0 Å². The lowest BCUT2D eigenvalue weighted by molar-refractivity contribution is -0.137. The van der Waals surface area contributed by atoms with Crippen molar-refractivity contribution in [1.82, 2.24) is 19.4 Å². The molecule has 0 atom stereocenters. The van der Waals surface area contributed by atoms with Crippen LogP contribution in [0.4, 0.5) is 8.78 Å². The predicted octanol–water partition coefficient (Wildman–Crippen LogP) is 0.853. The molecule has 112 valence electrons. The predicted molar refractivity (Wildman–Crippen MR) is 70.6 cm³/mol. The molecule has 5 nitrogen and oxygen atoms in total. The summed E-state index contributed by atoms with van der Waals surface area (Å²) in [5.74, 6) is 0.609. The van der Waals surface area contributed by atoms with Gasteiger partial charge in [0.15, 0.2) is 0 Å². The van der Waals surface area contributed by atoms with E-state index in [0.29, 0.717) is 24.7 Å². The Morgan fingerprint density at radius 1 is 1.50 bits per heavy atom. The Labute approximate surface area is 117 Å². The summed E-state index contributed by atoms with van der Waals surface area (Å²) in [6.07, 6.45) is 1.34. The average molecular weight is 286 g/mol. The molecular weight excluding hydrogens is 266 g/mol. The molecule has 1 amide bonds. The monoisotopic (exact) mass is 286 g/mol. The van der Waals surface area contributed by atoms with Gasteiger partial charge < -0.3 is 14.4 Å². The number of hydrogen-bond donors (Lipinski definition) is 0. The maximum Gasteiger partial charge on any atom is 0.256 e. The lowest BCUT2D eigenvalue weighted by Gasteiger charge is -2.42. The van der Waals surface area contributed by atoms with Crippen LogP contribution in [-0.4, -0.2) is 64.9 Å². The number of amides is 1. The van der Waals surface area contributed by atoms with Crippen LogP contribution in [0, 0.1) is 0 Å². The first-order valence-electron chi connectivity index (χ1n) is 6.69. The molecule has 0 N–H and O–H groups in total. The zero-order chi connectivity index (χ0) is 14.7. The average Bonchev–Trinajstić information content (AvgIpc) is 2.70. The summed E-state index contributed by atoms with van der Waals surface area (Å²) in [5, 5.41) is 0. The van der Waals surface area contributed by atoms with Gasteiger partial charge in [-0.15, -0.1) is 0 Å². The van der Waals surface area contributed by atoms with Crippen molar-refractivity contribution in [3.63, 3.8) is 0 Å². The molecule has 1 aliphatic rings. The fourth-order valence-corrected chi connectivity index (χ4v) is 2.25. The van der Waals surface area contributed by atoms with Crippen LogP contribution in [0.25, 0.3) is 0 Å². The number of aryl methyl sites for hydroxylation is 1. The van der Waals surface area contributed by atoms with E-state index in [2.05, 4.69) is 9.88 Å². The van der Waals surface area contributed by atoms with E-state index in [-0.39, 0.29) is 12.5 Å². The number of nitrogens with zero attached hydrogens (tertiary/aromatic N) is 4. The van der Waals surface area contributed by atoms with Gasteiger partial charge in [-0.25, -0.2) is 13.8 Å². The number of halogens is 2. The van der Waals surface area contributed by atoms with E-state index in [4.69, 9.17) is 0 Å². The maximum atomic E-state index is 12.4. The lowest BCUT2D eigenvalue weighted by atomic mass is 10.1. The van der Waals surface area contributed by atoms with E-state index in [1.807, 2.05) is 14.1 Å². The Morgan fingerprint density at radius 2 is 2.20 bits per heavy atom. The van der Waals surface area contributed by atoms with Crippen LogP contribution in [0.3, 0.4) is 0 Å². The van der Waals surface area contributed by atoms with Crippen molar-refractivity contribution in [2.45, 2.75) is 31.9 Å². The second-order valence-electron chi connectivity index (χ2n) is 5.30. The Kier molecular flexibility index (Phi) is 4.69. The van der Waals surface area contributed by atoms with Gasteiger partial charge in [0.1, 0.15) is 5.82 Å². The summed E-state index contributed by atoms with van der Waals surface area (Å²) in [6.45, 7) is 1.13. The first kappa shape index (κ1) is 14.9. The van der Waals surface area contributed by atoms with Crippen molar-refractivity contribution in [2.75, 3.05) is 27.2 Å². The molecule has 1 fully saturated rings. The third-order valence-electron chi connectivity index (χ3n) is 3.64. The number of hydrogen-bond acceptors (Lipinski definition) is 3. The van der Waals surface area contributed by atoms with Gasteiger partial charge in [-0.3, -0.25) is 4.79 Å². The second kappa shape index (κ2) is 6.30. The maximum absolute atomic E-state index is 12.4. The Bertz CT molecular complexity index is 455. The van der Waals surface area contributed by atoms with E-state index in [1.54, 1.807) is 4.90 Å². The van der Waals surface area contributed by atoms with Gasteiger partial charge in [-0.2, -0.15) is 0 Å². The van der Waals surface area contributed by atoms with E-state index in [0.717, 1.165) is 13.1 Å². The fraction of sp³-hybridized carbons (Fsp3) is 0.692. The van der Waals surface area contributed by atoms with Crippen molar-refractivity contribution in [3.05, 3.63) is 18.2 Å². The minimum atomic E-state index is -2.41. The minimum absolute atomic E-state index is 0.0645. The van der Waals surface area contributed by atoms with Crippen LogP contribution >= 0.6 is 0 Å². The Balaban J connectivity index is 1.78. The fourth-order valence-electron chi connectivity index (χ4n) is 2.25. The van der Waals surface area contributed by atoms with Crippen LogP contribution in [0.5, 0.6) is 0 Å². The van der Waals surface area contributed by atoms with Crippen LogP contribution in [0.15, 0.2) is 12.4 Å². The summed E-state index contributed by atoms with van der Waals surface area (Å²) in [7, 11) is 3.99. The van der Waals surface area contributed by atoms with Gasteiger partial charge in [0.2, 0.25) is 5.91 Å². The van der Waals surface area contributed by atoms with E-state index in [9.17, 15) is 13.6 Å². The molecule has 1 saturated heterocycles. The minimum Gasteiger partial charge on any atom is -0.339 e. The number of carbonyl (C=O) groups is 1. The molecule has 0 saturated carbocycles. The number of aromatic nitrogens is 2. The first-order chi connectivity index (χ1) is 9.47. The molecule has 0 radical (unpaired) electrons. The molecule has 0 spiro atoms. The molecular formula is C13H20F2N4O. The first-order valence-corrected chi connectivity index (χ1v) is 6.69. The summed E-state index contributed by atoms with van der Waals surface area (Å²) < 4.78 is 26.1. The molecule has 7 heteroatoms. The standard InChI is InChI=1S/C13H20F2N4O/c1-17(2)10-7-19(8-10)13(20)4-3-12-16-5-6-18(12)9-11(14)15/h5-6,10-11H,3-4,7-9H2,1-2H3. The smallest absolute Gasteiger partial charge is 0.256 e. The third kappa shape index (κ3) is 3.53. The summed E-state index contributed by atoms with van der Waals surface area (Å²) in [4.78, 5) is 19.9. The molecule has 0 bridgehead atoms. The summed E-state index contributed by atoms with van der Waals surface area (Å²) in [6, 6.07) is 0.430. The quantitative estimate of drug-likeness (QED) is 0.778. The number of likely N-dealkylation sites (tertiary alicyclic amines) is 1. The molecule has 0 unspecified atom stereocenters. The topological polar surface area (TPSA) is 41.4 Å². The van der Waals surface area contributed by atoms with E-state index >= 15 is 0 Å². The highest BCUT2D eigenvalue weighted by Gasteiger charge is 2.31. The molecule has 20 heavy (non-hydrogen) atoms. The van der Waals surface area contributed by atoms with E-state index < -0.39 is 6.43 Å². The normalized spacial score (nSPS) is 16.0. The SMILES string of the molecule is CN(C)C1CN(C(=O)CCc2nccn2CC(F)F)C1. The highest BCUT2D eigenvalue weighted by atomic mass is 19.3. The second-order valence-corrected chi connectivity index (χ2v) is 5.30. The van der Waals surface area contributed by atoms with Gasteiger partial charge in [0.25, 0.3) is 6.43 Å². The van der Waals surface area contributed by atoms with Crippen molar-refractivity contribution >= 4 is 5.91 Å². The summed E-state index contributed by atoms with van der Waals surface area (Å²) in [5.41, 5.74) is 0. The van der Waals surface area contributed by atoms with Gasteiger partial charge in [-0.05, 0) is 14.1 Å². The number of rotatable bonds is 6. The number of likely N-dealkylation sites (N-methyl/N-ethyl adjacent to an activating group) is 1. The molecule has 1 aliphatic heterocycles. The zero-order valence-electron chi connectivity index (χ0n) is 11.8. The van der Waals surface area contributed by atoms with Gasteiger partial charge in [0, 0.05) is 44.4 Å². The van der Waals surface area contributed by atoms with Crippen molar-refractivity contribution in [1.29, 1.82) is 0 Å². The molecule has 0 aliphatic carbocycles. The van der Waals surface area contributed by atoms with Crippen molar-refractivity contribution in [3.8, 4) is 0 Å². The van der Waals surface area contributed by atoms with Crippen LogP contribution in [-0.2, 0) is 17.8 Å². The largest absolute Gasteiger partial charge is 0.339 e. The number of carbonyl (C=O) groups excluding carboxylic acids is 1. The highest BCUT2D eigenvalue weighted by molar-refractivity contribution is 5.77. The van der Waals surface area contributed by atoms with Gasteiger partial charge >= 0.3 is 0 Å². The zero-order valence-corrected chi connectivity index (χ0v) is 11.8. The number of alkyl halides is 2. The van der Waals surface area contributed by atoms with Crippen LogP contribution in [0.2, 0.25) is 0 Å². The molecule has 2 rings (SSSR count). The molecule has 1 aromatic rings. The molecule has 0 aromatic carbocycles.